The molecule has 0 radical (unpaired) electrons. The molecular weight excluding hydrogens is 351 g/mol. The van der Waals surface area contributed by atoms with Crippen LogP contribution in [-0.2, 0) is 0 Å². The third-order valence-electron chi connectivity index (χ3n) is 2.83. The second kappa shape index (κ2) is 6.06. The molecule has 19 heavy (non-hydrogen) atoms. The molecule has 0 fully saturated rings. The molecule has 1 amide bonds. The highest BCUT2D eigenvalue weighted by atomic mass is 127. The van der Waals surface area contributed by atoms with Crippen LogP contribution >= 0.6 is 22.6 Å². The summed E-state index contributed by atoms with van der Waals surface area (Å²) in [6.07, 6.45) is 0. The number of hydrogen-bond acceptors (Lipinski definition) is 2. The smallest absolute Gasteiger partial charge is 0.258 e. The van der Waals surface area contributed by atoms with Crippen molar-refractivity contribution in [2.75, 3.05) is 17.2 Å². The molecular formula is C15H15IN2O. The SMILES string of the molecule is CCN(C(=O)c1ccc(I)cc1)c1cccc(N)c1. The summed E-state index contributed by atoms with van der Waals surface area (Å²) in [6.45, 7) is 2.56. The van der Waals surface area contributed by atoms with Crippen molar-refractivity contribution < 1.29 is 4.79 Å². The topological polar surface area (TPSA) is 46.3 Å². The Kier molecular flexibility index (Phi) is 4.42. The summed E-state index contributed by atoms with van der Waals surface area (Å²) in [6, 6.07) is 14.9. The van der Waals surface area contributed by atoms with Crippen molar-refractivity contribution in [1.82, 2.24) is 0 Å². The van der Waals surface area contributed by atoms with Gasteiger partial charge in [-0.1, -0.05) is 6.07 Å². The lowest BCUT2D eigenvalue weighted by molar-refractivity contribution is 0.0988. The van der Waals surface area contributed by atoms with E-state index in [0.717, 1.165) is 9.26 Å². The molecule has 0 atom stereocenters. The first-order valence-corrected chi connectivity index (χ1v) is 7.12. The zero-order valence-electron chi connectivity index (χ0n) is 10.6. The molecule has 0 aliphatic heterocycles. The Balaban J connectivity index is 2.31. The van der Waals surface area contributed by atoms with Gasteiger partial charge in [-0.15, -0.1) is 0 Å². The predicted molar refractivity (Wildman–Crippen MR) is 87.4 cm³/mol. The maximum atomic E-state index is 12.5. The van der Waals surface area contributed by atoms with E-state index < -0.39 is 0 Å². The molecule has 0 bridgehead atoms. The fourth-order valence-electron chi connectivity index (χ4n) is 1.88. The summed E-state index contributed by atoms with van der Waals surface area (Å²) in [5.41, 5.74) is 7.94. The Hall–Kier alpha value is -1.56. The maximum Gasteiger partial charge on any atom is 0.258 e. The number of carbonyl (C=O) groups is 1. The summed E-state index contributed by atoms with van der Waals surface area (Å²) in [7, 11) is 0. The first-order chi connectivity index (χ1) is 9.11. The van der Waals surface area contributed by atoms with Gasteiger partial charge in [-0.3, -0.25) is 4.79 Å². The van der Waals surface area contributed by atoms with Gasteiger partial charge in [-0.25, -0.2) is 0 Å². The van der Waals surface area contributed by atoms with Crippen molar-refractivity contribution in [2.24, 2.45) is 0 Å². The zero-order chi connectivity index (χ0) is 13.8. The number of carbonyl (C=O) groups excluding carboxylic acids is 1. The number of benzene rings is 2. The number of amides is 1. The lowest BCUT2D eigenvalue weighted by Crippen LogP contribution is -2.30. The van der Waals surface area contributed by atoms with Crippen molar-refractivity contribution in [3.8, 4) is 0 Å². The Labute approximate surface area is 126 Å². The minimum absolute atomic E-state index is 0.00972. The highest BCUT2D eigenvalue weighted by molar-refractivity contribution is 14.1. The minimum atomic E-state index is -0.00972. The molecule has 0 saturated carbocycles. The van der Waals surface area contributed by atoms with Crippen LogP contribution in [0.2, 0.25) is 0 Å². The van der Waals surface area contributed by atoms with Gasteiger partial charge in [0, 0.05) is 27.1 Å². The monoisotopic (exact) mass is 366 g/mol. The van der Waals surface area contributed by atoms with Crippen LogP contribution in [0, 0.1) is 3.57 Å². The molecule has 0 saturated heterocycles. The highest BCUT2D eigenvalue weighted by Crippen LogP contribution is 2.20. The second-order valence-electron chi connectivity index (χ2n) is 4.15. The van der Waals surface area contributed by atoms with Crippen LogP contribution in [0.5, 0.6) is 0 Å². The molecule has 0 aliphatic carbocycles. The molecule has 3 nitrogen and oxygen atoms in total. The van der Waals surface area contributed by atoms with E-state index in [1.165, 1.54) is 0 Å². The van der Waals surface area contributed by atoms with Crippen LogP contribution in [0.3, 0.4) is 0 Å². The average molecular weight is 366 g/mol. The van der Waals surface area contributed by atoms with Crippen molar-refractivity contribution in [2.45, 2.75) is 6.92 Å². The minimum Gasteiger partial charge on any atom is -0.399 e. The molecule has 2 rings (SSSR count). The molecule has 98 valence electrons. The Morgan fingerprint density at radius 2 is 1.89 bits per heavy atom. The van der Waals surface area contributed by atoms with Gasteiger partial charge in [0.1, 0.15) is 0 Å². The molecule has 4 heteroatoms. The van der Waals surface area contributed by atoms with Crippen LogP contribution in [-0.4, -0.2) is 12.5 Å². The molecule has 0 heterocycles. The van der Waals surface area contributed by atoms with Gasteiger partial charge >= 0.3 is 0 Å². The quantitative estimate of drug-likeness (QED) is 0.667. The average Bonchev–Trinajstić information content (AvgIpc) is 2.40. The van der Waals surface area contributed by atoms with Gasteiger partial charge in [0.25, 0.3) is 5.91 Å². The second-order valence-corrected chi connectivity index (χ2v) is 5.40. The third-order valence-corrected chi connectivity index (χ3v) is 3.55. The molecule has 0 aliphatic rings. The number of halogens is 1. The summed E-state index contributed by atoms with van der Waals surface area (Å²) in [5.74, 6) is -0.00972. The first-order valence-electron chi connectivity index (χ1n) is 6.05. The van der Waals surface area contributed by atoms with E-state index in [-0.39, 0.29) is 5.91 Å². The predicted octanol–water partition coefficient (Wildman–Crippen LogP) is 3.54. The highest BCUT2D eigenvalue weighted by Gasteiger charge is 2.15. The Bertz CT molecular complexity index is 581. The molecule has 0 aromatic heterocycles. The van der Waals surface area contributed by atoms with Gasteiger partial charge in [0.05, 0.1) is 0 Å². The van der Waals surface area contributed by atoms with Crippen molar-refractivity contribution in [3.05, 3.63) is 57.7 Å². The van der Waals surface area contributed by atoms with Crippen molar-refractivity contribution >= 4 is 39.9 Å². The largest absolute Gasteiger partial charge is 0.399 e. The number of nitrogens with two attached hydrogens (primary N) is 1. The van der Waals surface area contributed by atoms with Crippen LogP contribution in [0.1, 0.15) is 17.3 Å². The number of nitrogens with zero attached hydrogens (tertiary/aromatic N) is 1. The van der Waals surface area contributed by atoms with Gasteiger partial charge in [0.15, 0.2) is 0 Å². The maximum absolute atomic E-state index is 12.5. The summed E-state index contributed by atoms with van der Waals surface area (Å²) >= 11 is 2.22. The lowest BCUT2D eigenvalue weighted by Gasteiger charge is -2.21. The molecule has 0 unspecified atom stereocenters. The molecule has 2 aromatic carbocycles. The molecule has 2 N–H and O–H groups in total. The van der Waals surface area contributed by atoms with Gasteiger partial charge in [-0.05, 0) is 72.0 Å². The van der Waals surface area contributed by atoms with Gasteiger partial charge in [-0.2, -0.15) is 0 Å². The molecule has 0 spiro atoms. The molecule has 2 aromatic rings. The van der Waals surface area contributed by atoms with E-state index in [1.54, 1.807) is 4.90 Å². The summed E-state index contributed by atoms with van der Waals surface area (Å²) in [5, 5.41) is 0. The van der Waals surface area contributed by atoms with E-state index in [2.05, 4.69) is 22.6 Å². The summed E-state index contributed by atoms with van der Waals surface area (Å²) < 4.78 is 1.11. The van der Waals surface area contributed by atoms with Gasteiger partial charge in [0.2, 0.25) is 0 Å². The van der Waals surface area contributed by atoms with E-state index in [1.807, 2.05) is 55.5 Å². The van der Waals surface area contributed by atoms with Gasteiger partial charge < -0.3 is 10.6 Å². The number of rotatable bonds is 3. The van der Waals surface area contributed by atoms with E-state index in [4.69, 9.17) is 5.73 Å². The normalized spacial score (nSPS) is 10.2. The standard InChI is InChI=1S/C15H15IN2O/c1-2-18(14-5-3-4-13(17)10-14)15(19)11-6-8-12(16)9-7-11/h3-10H,2,17H2,1H3. The van der Waals surface area contributed by atoms with Crippen LogP contribution in [0.25, 0.3) is 0 Å². The number of anilines is 2. The van der Waals surface area contributed by atoms with Crippen molar-refractivity contribution in [1.29, 1.82) is 0 Å². The first kappa shape index (κ1) is 13.9. The lowest BCUT2D eigenvalue weighted by atomic mass is 10.1. The van der Waals surface area contributed by atoms with Crippen LogP contribution in [0.4, 0.5) is 11.4 Å². The summed E-state index contributed by atoms with van der Waals surface area (Å²) in [4.78, 5) is 14.2. The van der Waals surface area contributed by atoms with Crippen LogP contribution < -0.4 is 10.6 Å². The fourth-order valence-corrected chi connectivity index (χ4v) is 2.24. The Morgan fingerprint density at radius 3 is 2.47 bits per heavy atom. The van der Waals surface area contributed by atoms with E-state index in [9.17, 15) is 4.79 Å². The van der Waals surface area contributed by atoms with Crippen molar-refractivity contribution in [3.63, 3.8) is 0 Å². The Morgan fingerprint density at radius 1 is 1.21 bits per heavy atom. The third kappa shape index (κ3) is 3.26. The fraction of sp³-hybridized carbons (Fsp3) is 0.133. The van der Waals surface area contributed by atoms with Crippen LogP contribution in [0.15, 0.2) is 48.5 Å². The number of nitrogen functional groups attached to an aromatic ring is 1. The van der Waals surface area contributed by atoms with E-state index >= 15 is 0 Å². The number of hydrogen-bond donors (Lipinski definition) is 1. The zero-order valence-corrected chi connectivity index (χ0v) is 12.8. The van der Waals surface area contributed by atoms with E-state index in [0.29, 0.717) is 17.8 Å².